The minimum atomic E-state index is 0.293. The fraction of sp³-hybridized carbons (Fsp3) is 0.318. The molecule has 1 fully saturated rings. The van der Waals surface area contributed by atoms with Crippen molar-refractivity contribution < 1.29 is 4.79 Å². The Labute approximate surface area is 146 Å². The molecule has 0 radical (unpaired) electrons. The Bertz CT molecular complexity index is 584. The molecule has 0 amide bonds. The summed E-state index contributed by atoms with van der Waals surface area (Å²) in [7, 11) is 0. The molecule has 1 aliphatic rings. The number of benzene rings is 1. The van der Waals surface area contributed by atoms with Crippen molar-refractivity contribution in [3.63, 3.8) is 0 Å². The average Bonchev–Trinajstić information content (AvgIpc) is 2.84. The Kier molecular flexibility index (Phi) is 7.97. The zero-order valence-corrected chi connectivity index (χ0v) is 15.1. The van der Waals surface area contributed by atoms with Crippen LogP contribution >= 0.6 is 0 Å². The molecule has 2 nitrogen and oxygen atoms in total. The van der Waals surface area contributed by atoms with Crippen LogP contribution in [0.1, 0.15) is 31.1 Å². The number of aldehydes is 1. The summed E-state index contributed by atoms with van der Waals surface area (Å²) < 4.78 is 0. The number of rotatable bonds is 5. The van der Waals surface area contributed by atoms with E-state index in [-0.39, 0.29) is 0 Å². The predicted octanol–water partition coefficient (Wildman–Crippen LogP) is 5.45. The highest BCUT2D eigenvalue weighted by Gasteiger charge is 2.41. The number of hydrogen-bond donors (Lipinski definition) is 0. The van der Waals surface area contributed by atoms with Crippen LogP contribution in [0, 0.1) is 11.8 Å². The van der Waals surface area contributed by atoms with Gasteiger partial charge in [0.1, 0.15) is 6.29 Å². The predicted molar refractivity (Wildman–Crippen MR) is 106 cm³/mol. The van der Waals surface area contributed by atoms with E-state index < -0.39 is 0 Å². The highest BCUT2D eigenvalue weighted by atomic mass is 16.1. The molecule has 24 heavy (non-hydrogen) atoms. The fourth-order valence-corrected chi connectivity index (χ4v) is 3.19. The van der Waals surface area contributed by atoms with Gasteiger partial charge in [-0.05, 0) is 43.0 Å². The Hall–Kier alpha value is -2.35. The van der Waals surface area contributed by atoms with Crippen molar-refractivity contribution in [1.82, 2.24) is 0 Å². The summed E-state index contributed by atoms with van der Waals surface area (Å²) in [5.41, 5.74) is 1.83. The zero-order chi connectivity index (χ0) is 18.1. The van der Waals surface area contributed by atoms with Crippen LogP contribution in [0.5, 0.6) is 0 Å². The van der Waals surface area contributed by atoms with Crippen LogP contribution in [0.25, 0.3) is 0 Å². The van der Waals surface area contributed by atoms with Crippen molar-refractivity contribution in [3.8, 4) is 0 Å². The molecule has 1 aromatic carbocycles. The van der Waals surface area contributed by atoms with Gasteiger partial charge in [0, 0.05) is 11.3 Å². The molecule has 0 aliphatic carbocycles. The zero-order valence-electron chi connectivity index (χ0n) is 15.1. The molecule has 4 atom stereocenters. The number of carbonyl (C=O) groups is 1. The lowest BCUT2D eigenvalue weighted by Gasteiger charge is -2.31. The Morgan fingerprint density at radius 2 is 1.54 bits per heavy atom. The molecule has 1 aliphatic heterocycles. The van der Waals surface area contributed by atoms with Gasteiger partial charge in [0.2, 0.25) is 0 Å². The first-order valence-corrected chi connectivity index (χ1v) is 8.38. The Morgan fingerprint density at radius 1 is 1.00 bits per heavy atom. The second-order valence-corrected chi connectivity index (χ2v) is 6.08. The van der Waals surface area contributed by atoms with Crippen molar-refractivity contribution in [2.24, 2.45) is 11.8 Å². The van der Waals surface area contributed by atoms with Crippen LogP contribution in [0.3, 0.4) is 0 Å². The van der Waals surface area contributed by atoms with Gasteiger partial charge in [0.05, 0.1) is 12.1 Å². The van der Waals surface area contributed by atoms with Gasteiger partial charge < -0.3 is 4.90 Å². The van der Waals surface area contributed by atoms with E-state index in [1.54, 1.807) is 6.08 Å². The second kappa shape index (κ2) is 9.71. The van der Waals surface area contributed by atoms with Gasteiger partial charge in [-0.3, -0.25) is 4.79 Å². The maximum absolute atomic E-state index is 10.8. The molecule has 0 saturated carbocycles. The van der Waals surface area contributed by atoms with Crippen molar-refractivity contribution in [2.75, 3.05) is 4.90 Å². The molecule has 128 valence electrons. The Balaban J connectivity index is 0.000000891. The van der Waals surface area contributed by atoms with Gasteiger partial charge >= 0.3 is 0 Å². The van der Waals surface area contributed by atoms with Crippen LogP contribution in [0.4, 0.5) is 5.69 Å². The monoisotopic (exact) mass is 323 g/mol. The van der Waals surface area contributed by atoms with Crippen LogP contribution in [-0.2, 0) is 0 Å². The number of carbonyl (C=O) groups excluding carboxylic acids is 1. The van der Waals surface area contributed by atoms with E-state index in [0.717, 1.165) is 12.0 Å². The smallest absolute Gasteiger partial charge is 0.150 e. The standard InChI is InChI=1S/C19H23NO.C3H6/c1-5-7-8-19-15(4)14(3)18(6-2)20(19)17-11-9-16(13-21)10-12-17;1-3-2/h5-15,18-19H,1-2H2,3-4H3;3H,1H2,2H3/b8-7-;. The normalized spacial score (nSPS) is 25.7. The molecule has 2 rings (SSSR count). The van der Waals surface area contributed by atoms with Gasteiger partial charge in [-0.15, -0.1) is 13.2 Å². The number of anilines is 1. The topological polar surface area (TPSA) is 20.3 Å². The van der Waals surface area contributed by atoms with Crippen LogP contribution < -0.4 is 4.90 Å². The Morgan fingerprint density at radius 3 is 2.00 bits per heavy atom. The maximum Gasteiger partial charge on any atom is 0.150 e. The highest BCUT2D eigenvalue weighted by molar-refractivity contribution is 5.76. The van der Waals surface area contributed by atoms with E-state index in [2.05, 4.69) is 44.6 Å². The van der Waals surface area contributed by atoms with E-state index in [0.29, 0.717) is 29.5 Å². The molecular weight excluding hydrogens is 294 g/mol. The highest BCUT2D eigenvalue weighted by Crippen LogP contribution is 2.39. The summed E-state index contributed by atoms with van der Waals surface area (Å²) in [6.07, 6.45) is 10.7. The molecule has 2 heteroatoms. The summed E-state index contributed by atoms with van der Waals surface area (Å²) in [5, 5.41) is 0. The van der Waals surface area contributed by atoms with Crippen molar-refractivity contribution >= 4 is 12.0 Å². The molecule has 4 unspecified atom stereocenters. The third-order valence-electron chi connectivity index (χ3n) is 4.56. The van der Waals surface area contributed by atoms with Crippen LogP contribution in [0.15, 0.2) is 74.4 Å². The van der Waals surface area contributed by atoms with Gasteiger partial charge in [-0.25, -0.2) is 0 Å². The molecule has 1 heterocycles. The molecule has 1 aromatic rings. The molecule has 1 saturated heterocycles. The second-order valence-electron chi connectivity index (χ2n) is 6.08. The lowest BCUT2D eigenvalue weighted by Crippen LogP contribution is -2.35. The SMILES string of the molecule is C=C/C=C\C1C(C)C(C)C(C=C)N1c1ccc(C=O)cc1.C=CC. The van der Waals surface area contributed by atoms with Crippen molar-refractivity contribution in [3.05, 3.63) is 79.9 Å². The maximum atomic E-state index is 10.8. The lowest BCUT2D eigenvalue weighted by molar-refractivity contribution is 0.112. The van der Waals surface area contributed by atoms with E-state index in [1.807, 2.05) is 49.4 Å². The number of allylic oxidation sites excluding steroid dienone is 3. The fourth-order valence-electron chi connectivity index (χ4n) is 3.19. The average molecular weight is 323 g/mol. The minimum absolute atomic E-state index is 0.293. The largest absolute Gasteiger partial charge is 0.358 e. The first-order valence-electron chi connectivity index (χ1n) is 8.38. The summed E-state index contributed by atoms with van der Waals surface area (Å²) in [6, 6.07) is 8.36. The lowest BCUT2D eigenvalue weighted by atomic mass is 9.90. The van der Waals surface area contributed by atoms with Crippen LogP contribution in [0.2, 0.25) is 0 Å². The third-order valence-corrected chi connectivity index (χ3v) is 4.56. The van der Waals surface area contributed by atoms with E-state index in [4.69, 9.17) is 0 Å². The summed E-state index contributed by atoms with van der Waals surface area (Å²) in [4.78, 5) is 13.2. The molecule has 0 N–H and O–H groups in total. The molecule has 0 spiro atoms. The first kappa shape index (κ1) is 19.7. The van der Waals surface area contributed by atoms with E-state index >= 15 is 0 Å². The third kappa shape index (κ3) is 4.35. The quantitative estimate of drug-likeness (QED) is 0.408. The van der Waals surface area contributed by atoms with E-state index in [1.165, 1.54) is 0 Å². The summed E-state index contributed by atoms with van der Waals surface area (Å²) in [5.74, 6) is 1.04. The van der Waals surface area contributed by atoms with Crippen molar-refractivity contribution in [2.45, 2.75) is 32.9 Å². The molecule has 0 aromatic heterocycles. The van der Waals surface area contributed by atoms with Crippen molar-refractivity contribution in [1.29, 1.82) is 0 Å². The molecule has 0 bridgehead atoms. The van der Waals surface area contributed by atoms with Gasteiger partial charge in [-0.2, -0.15) is 0 Å². The first-order chi connectivity index (χ1) is 11.5. The summed E-state index contributed by atoms with van der Waals surface area (Å²) >= 11 is 0. The van der Waals surface area contributed by atoms with Gasteiger partial charge in [0.25, 0.3) is 0 Å². The molecular formula is C22H29NO. The summed E-state index contributed by atoms with van der Waals surface area (Å²) in [6.45, 7) is 17.6. The minimum Gasteiger partial charge on any atom is -0.358 e. The number of nitrogens with zero attached hydrogens (tertiary/aromatic N) is 1. The van der Waals surface area contributed by atoms with Gasteiger partial charge in [0.15, 0.2) is 0 Å². The van der Waals surface area contributed by atoms with Gasteiger partial charge in [-0.1, -0.05) is 50.8 Å². The number of hydrogen-bond acceptors (Lipinski definition) is 2. The van der Waals surface area contributed by atoms with Crippen LogP contribution in [-0.4, -0.2) is 18.4 Å². The van der Waals surface area contributed by atoms with E-state index in [9.17, 15) is 4.79 Å².